The first-order valence-electron chi connectivity index (χ1n) is 9.81. The van der Waals surface area contributed by atoms with E-state index in [1.165, 1.54) is 7.11 Å². The van der Waals surface area contributed by atoms with Gasteiger partial charge in [-0.05, 0) is 62.6 Å². The third-order valence-electron chi connectivity index (χ3n) is 6.14. The Morgan fingerprint density at radius 3 is 2.45 bits per heavy atom. The van der Waals surface area contributed by atoms with Crippen molar-refractivity contribution in [2.75, 3.05) is 26.1 Å². The lowest BCUT2D eigenvalue weighted by Crippen LogP contribution is -2.55. The number of ether oxygens (including phenoxy) is 2. The van der Waals surface area contributed by atoms with E-state index in [1.807, 2.05) is 6.07 Å². The molecule has 29 heavy (non-hydrogen) atoms. The maximum Gasteiger partial charge on any atom is 0.312 e. The van der Waals surface area contributed by atoms with Crippen molar-refractivity contribution in [1.29, 1.82) is 0 Å². The van der Waals surface area contributed by atoms with Gasteiger partial charge in [0.25, 0.3) is 0 Å². The van der Waals surface area contributed by atoms with Gasteiger partial charge in [-0.1, -0.05) is 29.3 Å². The molecule has 0 amide bonds. The molecule has 162 valence electrons. The fourth-order valence-electron chi connectivity index (χ4n) is 4.19. The monoisotopic (exact) mass is 463 g/mol. The van der Waals surface area contributed by atoms with E-state index in [4.69, 9.17) is 32.7 Å². The minimum atomic E-state index is -3.59. The number of carbonyl (C=O) groups excluding carboxylic acids is 1. The second-order valence-electron chi connectivity index (χ2n) is 8.10. The second kappa shape index (κ2) is 9.10. The summed E-state index contributed by atoms with van der Waals surface area (Å²) in [6, 6.07) is 5.27. The third-order valence-corrected chi connectivity index (χ3v) is 8.22. The summed E-state index contributed by atoms with van der Waals surface area (Å²) in [6.07, 6.45) is 4.13. The number of esters is 1. The van der Waals surface area contributed by atoms with Crippen LogP contribution in [0, 0.1) is 5.41 Å². The fraction of sp³-hybridized carbons (Fsp3) is 0.650. The van der Waals surface area contributed by atoms with Crippen molar-refractivity contribution in [3.05, 3.63) is 33.8 Å². The number of halogens is 2. The van der Waals surface area contributed by atoms with Gasteiger partial charge in [0.2, 0.25) is 10.0 Å². The number of hydrogen-bond donors (Lipinski definition) is 1. The standard InChI is InChI=1S/C20H27Cl2NO5S/c1-27-18(24)19(7-10-28-11-8-19)9-12-29(25,26)23-20(5-2-6-20)14-15-3-4-16(21)13-17(15)22/h3-4,13,23H,2,5-12,14H2,1H3. The molecule has 1 heterocycles. The zero-order valence-corrected chi connectivity index (χ0v) is 18.8. The normalized spacial score (nSPS) is 20.7. The van der Waals surface area contributed by atoms with Crippen LogP contribution in [0.2, 0.25) is 10.0 Å². The van der Waals surface area contributed by atoms with Crippen LogP contribution in [0.3, 0.4) is 0 Å². The topological polar surface area (TPSA) is 81.7 Å². The molecule has 1 aromatic rings. The van der Waals surface area contributed by atoms with Crippen molar-refractivity contribution in [1.82, 2.24) is 4.72 Å². The van der Waals surface area contributed by atoms with Crippen molar-refractivity contribution < 1.29 is 22.7 Å². The molecule has 1 saturated carbocycles. The van der Waals surface area contributed by atoms with Gasteiger partial charge in [-0.3, -0.25) is 4.79 Å². The molecule has 6 nitrogen and oxygen atoms in total. The van der Waals surface area contributed by atoms with Crippen molar-refractivity contribution in [2.45, 2.75) is 50.5 Å². The second-order valence-corrected chi connectivity index (χ2v) is 10.8. The molecule has 9 heteroatoms. The zero-order chi connectivity index (χ0) is 21.1. The van der Waals surface area contributed by atoms with Gasteiger partial charge >= 0.3 is 5.97 Å². The van der Waals surface area contributed by atoms with E-state index in [-0.39, 0.29) is 18.1 Å². The summed E-state index contributed by atoms with van der Waals surface area (Å²) in [5, 5.41) is 1.08. The summed E-state index contributed by atoms with van der Waals surface area (Å²) in [6.45, 7) is 0.864. The molecule has 0 unspecified atom stereocenters. The van der Waals surface area contributed by atoms with Crippen LogP contribution >= 0.6 is 23.2 Å². The lowest BCUT2D eigenvalue weighted by Gasteiger charge is -2.43. The summed E-state index contributed by atoms with van der Waals surface area (Å²) < 4.78 is 39.0. The maximum absolute atomic E-state index is 12.9. The Hall–Kier alpha value is -0.860. The van der Waals surface area contributed by atoms with Crippen molar-refractivity contribution >= 4 is 39.2 Å². The van der Waals surface area contributed by atoms with Crippen molar-refractivity contribution in [2.24, 2.45) is 5.41 Å². The molecule has 1 aromatic carbocycles. The van der Waals surface area contributed by atoms with Crippen LogP contribution in [0.1, 0.15) is 44.1 Å². The smallest absolute Gasteiger partial charge is 0.312 e. The van der Waals surface area contributed by atoms with E-state index in [2.05, 4.69) is 4.72 Å². The highest BCUT2D eigenvalue weighted by atomic mass is 35.5. The number of sulfonamides is 1. The highest BCUT2D eigenvalue weighted by Crippen LogP contribution is 2.39. The van der Waals surface area contributed by atoms with Gasteiger partial charge in [0.15, 0.2) is 0 Å². The third kappa shape index (κ3) is 5.44. The minimum absolute atomic E-state index is 0.127. The van der Waals surface area contributed by atoms with E-state index in [9.17, 15) is 13.2 Å². The number of benzene rings is 1. The van der Waals surface area contributed by atoms with Crippen LogP contribution in [0.5, 0.6) is 0 Å². The minimum Gasteiger partial charge on any atom is -0.469 e. The Labute approximate surface area is 182 Å². The zero-order valence-electron chi connectivity index (χ0n) is 16.5. The summed E-state index contributed by atoms with van der Waals surface area (Å²) in [4.78, 5) is 12.3. The molecule has 0 bridgehead atoms. The van der Waals surface area contributed by atoms with Gasteiger partial charge in [-0.15, -0.1) is 0 Å². The first kappa shape index (κ1) is 22.8. The summed E-state index contributed by atoms with van der Waals surface area (Å²) in [5.41, 5.74) is -0.466. The van der Waals surface area contributed by atoms with Crippen molar-refractivity contribution in [3.63, 3.8) is 0 Å². The lowest BCUT2D eigenvalue weighted by molar-refractivity contribution is -0.158. The van der Waals surface area contributed by atoms with Crippen LogP contribution in [0.25, 0.3) is 0 Å². The fourth-order valence-corrected chi connectivity index (χ4v) is 6.37. The molecule has 1 aliphatic heterocycles. The predicted molar refractivity (Wildman–Crippen MR) is 113 cm³/mol. The molecule has 1 aliphatic carbocycles. The van der Waals surface area contributed by atoms with Crippen LogP contribution in [0.4, 0.5) is 0 Å². The lowest BCUT2D eigenvalue weighted by atomic mass is 9.74. The largest absolute Gasteiger partial charge is 0.469 e. The van der Waals surface area contributed by atoms with Gasteiger partial charge in [-0.2, -0.15) is 0 Å². The van der Waals surface area contributed by atoms with E-state index in [0.717, 1.165) is 24.8 Å². The quantitative estimate of drug-likeness (QED) is 0.593. The molecule has 1 saturated heterocycles. The summed E-state index contributed by atoms with van der Waals surface area (Å²) in [7, 11) is -2.25. The Morgan fingerprint density at radius 1 is 1.21 bits per heavy atom. The molecule has 2 aliphatic rings. The highest BCUT2D eigenvalue weighted by Gasteiger charge is 2.44. The average Bonchev–Trinajstić information content (AvgIpc) is 2.66. The molecular formula is C20H27Cl2NO5S. The molecular weight excluding hydrogens is 437 g/mol. The first-order valence-corrected chi connectivity index (χ1v) is 12.2. The number of carbonyl (C=O) groups is 1. The SMILES string of the molecule is COC(=O)C1(CCS(=O)(=O)NC2(Cc3ccc(Cl)cc3Cl)CCC2)CCOCC1. The average molecular weight is 464 g/mol. The van der Waals surface area contributed by atoms with Crippen molar-refractivity contribution in [3.8, 4) is 0 Å². The summed E-state index contributed by atoms with van der Waals surface area (Å²) >= 11 is 12.3. The number of nitrogens with one attached hydrogen (secondary N) is 1. The molecule has 3 rings (SSSR count). The van der Waals surface area contributed by atoms with Gasteiger partial charge in [0.1, 0.15) is 0 Å². The maximum atomic E-state index is 12.9. The van der Waals surface area contributed by atoms with Crippen LogP contribution in [-0.2, 0) is 30.7 Å². The van der Waals surface area contributed by atoms with E-state index < -0.39 is 21.0 Å². The van der Waals surface area contributed by atoms with Gasteiger partial charge in [-0.25, -0.2) is 13.1 Å². The van der Waals surface area contributed by atoms with E-state index >= 15 is 0 Å². The van der Waals surface area contributed by atoms with Gasteiger partial charge in [0, 0.05) is 28.8 Å². The van der Waals surface area contributed by atoms with Gasteiger partial charge in [0.05, 0.1) is 18.3 Å². The molecule has 1 N–H and O–H groups in total. The number of rotatable bonds is 8. The molecule has 2 fully saturated rings. The van der Waals surface area contributed by atoms with Crippen LogP contribution in [0.15, 0.2) is 18.2 Å². The van der Waals surface area contributed by atoms with Gasteiger partial charge < -0.3 is 9.47 Å². The number of hydrogen-bond acceptors (Lipinski definition) is 5. The Bertz CT molecular complexity index is 848. The molecule has 0 atom stereocenters. The number of methoxy groups -OCH3 is 1. The van der Waals surface area contributed by atoms with Crippen LogP contribution < -0.4 is 4.72 Å². The molecule has 0 spiro atoms. The molecule has 0 radical (unpaired) electrons. The Balaban J connectivity index is 1.69. The Morgan fingerprint density at radius 2 is 1.90 bits per heavy atom. The Kier molecular flexibility index (Phi) is 7.16. The van der Waals surface area contributed by atoms with Crippen LogP contribution in [-0.4, -0.2) is 46.0 Å². The predicted octanol–water partition coefficient (Wildman–Crippen LogP) is 3.74. The van der Waals surface area contributed by atoms with E-state index in [0.29, 0.717) is 42.5 Å². The summed E-state index contributed by atoms with van der Waals surface area (Å²) in [5.74, 6) is -0.486. The molecule has 0 aromatic heterocycles. The highest BCUT2D eigenvalue weighted by molar-refractivity contribution is 7.89. The first-order chi connectivity index (χ1) is 13.7. The van der Waals surface area contributed by atoms with E-state index in [1.54, 1.807) is 12.1 Å².